The van der Waals surface area contributed by atoms with Crippen LogP contribution in [0, 0.1) is 11.3 Å². The zero-order valence-corrected chi connectivity index (χ0v) is 15.3. The van der Waals surface area contributed by atoms with Crippen molar-refractivity contribution in [3.05, 3.63) is 51.5 Å². The van der Waals surface area contributed by atoms with E-state index in [4.69, 9.17) is 26.3 Å². The number of hydrazone groups is 1. The third-order valence-corrected chi connectivity index (χ3v) is 3.67. The van der Waals surface area contributed by atoms with Gasteiger partial charge in [-0.3, -0.25) is 5.43 Å². The third kappa shape index (κ3) is 5.15. The molecule has 0 fully saturated rings. The number of hydrogen-bond acceptors (Lipinski definition) is 5. The Morgan fingerprint density at radius 3 is 2.71 bits per heavy atom. The fourth-order valence-electron chi connectivity index (χ4n) is 1.88. The van der Waals surface area contributed by atoms with Crippen LogP contribution in [-0.4, -0.2) is 19.4 Å². The predicted molar refractivity (Wildman–Crippen MR) is 99.1 cm³/mol. The van der Waals surface area contributed by atoms with Gasteiger partial charge in [-0.05, 0) is 48.9 Å². The van der Waals surface area contributed by atoms with Crippen LogP contribution in [0.5, 0.6) is 11.5 Å². The molecular weight excluding hydrogens is 394 g/mol. The minimum Gasteiger partial charge on any atom is -0.490 e. The van der Waals surface area contributed by atoms with Crippen molar-refractivity contribution in [2.75, 3.05) is 18.6 Å². The van der Waals surface area contributed by atoms with Gasteiger partial charge in [0.25, 0.3) is 0 Å². The molecule has 0 atom stereocenters. The van der Waals surface area contributed by atoms with Gasteiger partial charge in [-0.2, -0.15) is 10.4 Å². The molecule has 0 amide bonds. The van der Waals surface area contributed by atoms with Crippen molar-refractivity contribution < 1.29 is 9.47 Å². The molecule has 2 rings (SSSR count). The lowest BCUT2D eigenvalue weighted by Crippen LogP contribution is -2.01. The Kier molecular flexibility index (Phi) is 6.91. The van der Waals surface area contributed by atoms with Crippen molar-refractivity contribution in [1.29, 1.82) is 5.26 Å². The van der Waals surface area contributed by atoms with E-state index in [-0.39, 0.29) is 6.61 Å². The number of benzene rings is 2. The van der Waals surface area contributed by atoms with Crippen molar-refractivity contribution in [3.63, 3.8) is 0 Å². The van der Waals surface area contributed by atoms with Gasteiger partial charge < -0.3 is 9.47 Å². The average Bonchev–Trinajstić information content (AvgIpc) is 2.56. The molecule has 0 saturated heterocycles. The second kappa shape index (κ2) is 9.16. The summed E-state index contributed by atoms with van der Waals surface area (Å²) in [6.07, 6.45) is 1.63. The quantitative estimate of drug-likeness (QED) is 0.525. The van der Waals surface area contributed by atoms with Gasteiger partial charge in [-0.25, -0.2) is 0 Å². The maximum absolute atomic E-state index is 8.64. The molecule has 0 saturated carbocycles. The summed E-state index contributed by atoms with van der Waals surface area (Å²) in [4.78, 5) is 0. The smallest absolute Gasteiger partial charge is 0.181 e. The number of nitriles is 1. The second-order valence-electron chi connectivity index (χ2n) is 4.59. The Hall–Kier alpha value is -2.23. The van der Waals surface area contributed by atoms with Gasteiger partial charge in [0.05, 0.1) is 23.5 Å². The Bertz CT molecular complexity index is 758. The molecule has 0 unspecified atom stereocenters. The summed E-state index contributed by atoms with van der Waals surface area (Å²) in [5.74, 6) is 0.837. The van der Waals surface area contributed by atoms with Gasteiger partial charge in [-0.15, -0.1) is 0 Å². The summed E-state index contributed by atoms with van der Waals surface area (Å²) in [5, 5.41) is 13.2. The Labute approximate surface area is 154 Å². The lowest BCUT2D eigenvalue weighted by molar-refractivity contribution is 0.299. The third-order valence-electron chi connectivity index (χ3n) is 2.86. The number of nitrogens with zero attached hydrogens (tertiary/aromatic N) is 2. The first-order valence-electron chi connectivity index (χ1n) is 7.14. The van der Waals surface area contributed by atoms with E-state index in [1.807, 2.05) is 37.3 Å². The van der Waals surface area contributed by atoms with E-state index < -0.39 is 0 Å². The predicted octanol–water partition coefficient (Wildman–Crippen LogP) is 4.85. The van der Waals surface area contributed by atoms with Crippen molar-refractivity contribution in [1.82, 2.24) is 0 Å². The molecule has 2 aromatic rings. The van der Waals surface area contributed by atoms with Gasteiger partial charge in [0.1, 0.15) is 6.07 Å². The lowest BCUT2D eigenvalue weighted by atomic mass is 10.2. The van der Waals surface area contributed by atoms with Crippen LogP contribution in [0.3, 0.4) is 0 Å². The summed E-state index contributed by atoms with van der Waals surface area (Å²) < 4.78 is 11.9. The fraction of sp³-hybridized carbons (Fsp3) is 0.176. The van der Waals surface area contributed by atoms with Crippen LogP contribution in [-0.2, 0) is 0 Å². The van der Waals surface area contributed by atoms with Crippen LogP contribution in [0.1, 0.15) is 12.5 Å². The molecule has 0 spiro atoms. The average molecular weight is 409 g/mol. The van der Waals surface area contributed by atoms with Crippen molar-refractivity contribution in [2.45, 2.75) is 6.92 Å². The van der Waals surface area contributed by atoms with E-state index in [0.717, 1.165) is 15.7 Å². The van der Waals surface area contributed by atoms with Crippen LogP contribution >= 0.6 is 27.5 Å². The maximum Gasteiger partial charge on any atom is 0.181 e. The van der Waals surface area contributed by atoms with E-state index in [1.165, 1.54) is 0 Å². The van der Waals surface area contributed by atoms with Crippen LogP contribution < -0.4 is 14.9 Å². The Morgan fingerprint density at radius 1 is 1.29 bits per heavy atom. The first-order valence-corrected chi connectivity index (χ1v) is 8.32. The van der Waals surface area contributed by atoms with Gasteiger partial charge >= 0.3 is 0 Å². The van der Waals surface area contributed by atoms with Crippen molar-refractivity contribution in [2.24, 2.45) is 5.10 Å². The molecular formula is C17H15BrClN3O2. The topological polar surface area (TPSA) is 66.6 Å². The monoisotopic (exact) mass is 407 g/mol. The van der Waals surface area contributed by atoms with Gasteiger partial charge in [0, 0.05) is 4.47 Å². The molecule has 0 aromatic heterocycles. The zero-order valence-electron chi connectivity index (χ0n) is 12.9. The van der Waals surface area contributed by atoms with Crippen LogP contribution in [0.4, 0.5) is 5.69 Å². The molecule has 0 aliphatic rings. The van der Waals surface area contributed by atoms with Gasteiger partial charge in [-0.1, -0.05) is 27.5 Å². The van der Waals surface area contributed by atoms with E-state index in [0.29, 0.717) is 23.1 Å². The van der Waals surface area contributed by atoms with Crippen LogP contribution in [0.2, 0.25) is 5.02 Å². The van der Waals surface area contributed by atoms with Crippen molar-refractivity contribution in [3.8, 4) is 17.6 Å². The highest BCUT2D eigenvalue weighted by atomic mass is 79.9. The number of rotatable bonds is 7. The molecule has 2 aromatic carbocycles. The van der Waals surface area contributed by atoms with E-state index in [2.05, 4.69) is 26.5 Å². The highest BCUT2D eigenvalue weighted by Gasteiger charge is 2.12. The summed E-state index contributed by atoms with van der Waals surface area (Å²) in [6.45, 7) is 2.22. The lowest BCUT2D eigenvalue weighted by Gasteiger charge is -2.12. The number of halogens is 2. The SMILES string of the molecule is CCOc1cc(/C=N/Nc2ccc(Br)cc2)cc(Cl)c1OCC#N. The maximum atomic E-state index is 8.64. The highest BCUT2D eigenvalue weighted by Crippen LogP contribution is 2.36. The molecule has 0 radical (unpaired) electrons. The zero-order chi connectivity index (χ0) is 17.4. The molecule has 0 aliphatic carbocycles. The summed E-state index contributed by atoms with van der Waals surface area (Å²) >= 11 is 9.60. The number of hydrogen-bond donors (Lipinski definition) is 1. The molecule has 124 valence electrons. The molecule has 1 N–H and O–H groups in total. The summed E-state index contributed by atoms with van der Waals surface area (Å²) in [6, 6.07) is 13.0. The Balaban J connectivity index is 2.16. The number of ether oxygens (including phenoxy) is 2. The van der Waals surface area contributed by atoms with Crippen molar-refractivity contribution >= 4 is 39.4 Å². The van der Waals surface area contributed by atoms with E-state index >= 15 is 0 Å². The summed E-state index contributed by atoms with van der Waals surface area (Å²) in [7, 11) is 0. The normalized spacial score (nSPS) is 10.4. The second-order valence-corrected chi connectivity index (χ2v) is 5.91. The highest BCUT2D eigenvalue weighted by molar-refractivity contribution is 9.10. The van der Waals surface area contributed by atoms with Gasteiger partial charge in [0.2, 0.25) is 0 Å². The van der Waals surface area contributed by atoms with E-state index in [1.54, 1.807) is 18.3 Å². The largest absolute Gasteiger partial charge is 0.490 e. The number of anilines is 1. The minimum atomic E-state index is -0.0989. The summed E-state index contributed by atoms with van der Waals surface area (Å²) in [5.41, 5.74) is 4.54. The number of nitrogens with one attached hydrogen (secondary N) is 1. The molecule has 7 heteroatoms. The molecule has 0 aliphatic heterocycles. The first-order chi connectivity index (χ1) is 11.6. The minimum absolute atomic E-state index is 0.0989. The molecule has 0 bridgehead atoms. The van der Waals surface area contributed by atoms with Gasteiger partial charge in [0.15, 0.2) is 18.1 Å². The van der Waals surface area contributed by atoms with E-state index in [9.17, 15) is 0 Å². The van der Waals surface area contributed by atoms with Crippen LogP contribution in [0.15, 0.2) is 46.0 Å². The Morgan fingerprint density at radius 2 is 2.04 bits per heavy atom. The first kappa shape index (κ1) is 18.1. The van der Waals surface area contributed by atoms with Crippen LogP contribution in [0.25, 0.3) is 0 Å². The molecule has 5 nitrogen and oxygen atoms in total. The fourth-order valence-corrected chi connectivity index (χ4v) is 2.41. The molecule has 0 heterocycles. The molecule has 24 heavy (non-hydrogen) atoms. The standard InChI is InChI=1S/C17H15BrClN3O2/c1-2-23-16-10-12(9-15(19)17(16)24-8-7-20)11-21-22-14-5-3-13(18)4-6-14/h3-6,9-11,22H,2,8H2,1H3/b21-11+.